The Morgan fingerprint density at radius 1 is 0.897 bits per heavy atom. The van der Waals surface area contributed by atoms with E-state index in [1.54, 1.807) is 62.4 Å². The molecular formula is C28H30Cl3N3O4S. The van der Waals surface area contributed by atoms with Gasteiger partial charge in [0.1, 0.15) is 12.6 Å². The molecule has 3 rings (SSSR count). The lowest BCUT2D eigenvalue weighted by molar-refractivity contribution is -0.139. The maximum absolute atomic E-state index is 13.9. The van der Waals surface area contributed by atoms with Crippen molar-refractivity contribution in [3.05, 3.63) is 92.9 Å². The number of aryl methyl sites for hydroxylation is 1. The van der Waals surface area contributed by atoms with Crippen molar-refractivity contribution in [1.29, 1.82) is 0 Å². The van der Waals surface area contributed by atoms with E-state index < -0.39 is 28.5 Å². The van der Waals surface area contributed by atoms with Crippen molar-refractivity contribution in [2.75, 3.05) is 10.8 Å². The largest absolute Gasteiger partial charge is 0.352 e. The SMILES string of the molecule is Cc1ccc(N(CC(=O)N(Cc2ccc(Cl)cc2Cl)[C@@H](C)C(=O)NC(C)C)S(=O)(=O)c2ccccc2)cc1Cl. The van der Waals surface area contributed by atoms with Crippen LogP contribution in [0.5, 0.6) is 0 Å². The highest BCUT2D eigenvalue weighted by molar-refractivity contribution is 7.92. The van der Waals surface area contributed by atoms with Crippen LogP contribution in [0.4, 0.5) is 5.69 Å². The van der Waals surface area contributed by atoms with Crippen LogP contribution >= 0.6 is 34.8 Å². The number of benzene rings is 3. The molecular weight excluding hydrogens is 581 g/mol. The first kappa shape index (κ1) is 30.8. The van der Waals surface area contributed by atoms with E-state index in [1.807, 2.05) is 13.8 Å². The molecule has 0 aromatic heterocycles. The summed E-state index contributed by atoms with van der Waals surface area (Å²) in [4.78, 5) is 28.2. The maximum Gasteiger partial charge on any atom is 0.264 e. The Bertz CT molecular complexity index is 1450. The first-order valence-electron chi connectivity index (χ1n) is 12.2. The maximum atomic E-state index is 13.9. The van der Waals surface area contributed by atoms with Crippen LogP contribution in [-0.4, -0.2) is 43.8 Å². The summed E-state index contributed by atoms with van der Waals surface area (Å²) in [6.45, 7) is 6.36. The third-order valence-corrected chi connectivity index (χ3v) is 8.79. The molecule has 0 saturated carbocycles. The molecule has 0 unspecified atom stereocenters. The number of halogens is 3. The van der Waals surface area contributed by atoms with Gasteiger partial charge in [-0.1, -0.05) is 65.1 Å². The number of amides is 2. The Labute approximate surface area is 244 Å². The summed E-state index contributed by atoms with van der Waals surface area (Å²) in [5.74, 6) is -0.997. The zero-order valence-corrected chi connectivity index (χ0v) is 25.1. The van der Waals surface area contributed by atoms with E-state index in [2.05, 4.69) is 5.32 Å². The smallest absolute Gasteiger partial charge is 0.264 e. The van der Waals surface area contributed by atoms with Crippen LogP contribution < -0.4 is 9.62 Å². The van der Waals surface area contributed by atoms with Crippen LogP contribution in [0.25, 0.3) is 0 Å². The van der Waals surface area contributed by atoms with Crippen molar-refractivity contribution in [2.24, 2.45) is 0 Å². The third kappa shape index (κ3) is 7.66. The van der Waals surface area contributed by atoms with E-state index in [-0.39, 0.29) is 29.1 Å². The van der Waals surface area contributed by atoms with Crippen LogP contribution in [0.1, 0.15) is 31.9 Å². The summed E-state index contributed by atoms with van der Waals surface area (Å²) in [5, 5.41) is 3.89. The molecule has 0 aliphatic heterocycles. The lowest BCUT2D eigenvalue weighted by Crippen LogP contribution is -2.52. The van der Waals surface area contributed by atoms with Gasteiger partial charge in [0.05, 0.1) is 10.6 Å². The molecule has 0 heterocycles. The third-order valence-electron chi connectivity index (χ3n) is 6.01. The summed E-state index contributed by atoms with van der Waals surface area (Å²) in [6, 6.07) is 16.3. The molecule has 0 bridgehead atoms. The fourth-order valence-electron chi connectivity index (χ4n) is 3.81. The van der Waals surface area contributed by atoms with Crippen LogP contribution in [0.2, 0.25) is 15.1 Å². The highest BCUT2D eigenvalue weighted by atomic mass is 35.5. The fraction of sp³-hybridized carbons (Fsp3) is 0.286. The number of anilines is 1. The lowest BCUT2D eigenvalue weighted by Gasteiger charge is -2.32. The Balaban J connectivity index is 2.07. The summed E-state index contributed by atoms with van der Waals surface area (Å²) in [5.41, 5.74) is 1.52. The van der Waals surface area contributed by atoms with Crippen molar-refractivity contribution < 1.29 is 18.0 Å². The number of nitrogens with zero attached hydrogens (tertiary/aromatic N) is 2. The Morgan fingerprint density at radius 3 is 2.15 bits per heavy atom. The van der Waals surface area contributed by atoms with Gasteiger partial charge in [0.25, 0.3) is 10.0 Å². The molecule has 11 heteroatoms. The van der Waals surface area contributed by atoms with Crippen LogP contribution in [0, 0.1) is 6.92 Å². The van der Waals surface area contributed by atoms with E-state index in [9.17, 15) is 18.0 Å². The van der Waals surface area contributed by atoms with E-state index in [4.69, 9.17) is 34.8 Å². The number of hydrogen-bond acceptors (Lipinski definition) is 4. The summed E-state index contributed by atoms with van der Waals surface area (Å²) in [7, 11) is -4.18. The normalized spacial score (nSPS) is 12.2. The van der Waals surface area contributed by atoms with Gasteiger partial charge in [-0.25, -0.2) is 8.42 Å². The first-order valence-corrected chi connectivity index (χ1v) is 14.8. The second-order valence-electron chi connectivity index (χ2n) is 9.35. The molecule has 39 heavy (non-hydrogen) atoms. The summed E-state index contributed by atoms with van der Waals surface area (Å²) < 4.78 is 28.6. The standard InChI is InChI=1S/C28H30Cl3N3O4S/c1-18(2)32-28(36)20(4)33(16-21-11-12-22(29)14-26(21)31)27(35)17-34(23-13-10-19(3)25(30)15-23)39(37,38)24-8-6-5-7-9-24/h5-15,18,20H,16-17H2,1-4H3,(H,32,36)/t20-/m0/s1. The van der Waals surface area contributed by atoms with E-state index in [1.165, 1.54) is 23.1 Å². The number of sulfonamides is 1. The van der Waals surface area contributed by atoms with Gasteiger partial charge in [-0.3, -0.25) is 13.9 Å². The molecule has 3 aromatic rings. The summed E-state index contributed by atoms with van der Waals surface area (Å²) in [6.07, 6.45) is 0. The Hall–Kier alpha value is -2.78. The molecule has 1 N–H and O–H groups in total. The predicted octanol–water partition coefficient (Wildman–Crippen LogP) is 6.09. The van der Waals surface area contributed by atoms with Gasteiger partial charge in [0, 0.05) is 27.7 Å². The van der Waals surface area contributed by atoms with E-state index in [0.29, 0.717) is 20.6 Å². The molecule has 2 amide bonds. The van der Waals surface area contributed by atoms with E-state index in [0.717, 1.165) is 9.87 Å². The lowest BCUT2D eigenvalue weighted by atomic mass is 10.1. The van der Waals surface area contributed by atoms with Gasteiger partial charge >= 0.3 is 0 Å². The fourth-order valence-corrected chi connectivity index (χ4v) is 5.88. The minimum Gasteiger partial charge on any atom is -0.352 e. The van der Waals surface area contributed by atoms with Crippen LogP contribution in [0.3, 0.4) is 0 Å². The number of carbonyl (C=O) groups is 2. The molecule has 0 spiro atoms. The average Bonchev–Trinajstić information content (AvgIpc) is 2.88. The Kier molecular flexibility index (Phi) is 10.3. The van der Waals surface area contributed by atoms with Crippen molar-refractivity contribution in [2.45, 2.75) is 51.2 Å². The molecule has 7 nitrogen and oxygen atoms in total. The molecule has 208 valence electrons. The Morgan fingerprint density at radius 2 is 1.56 bits per heavy atom. The van der Waals surface area contributed by atoms with Crippen LogP contribution in [0.15, 0.2) is 71.6 Å². The van der Waals surface area contributed by atoms with Crippen molar-refractivity contribution in [3.8, 4) is 0 Å². The minimum atomic E-state index is -4.18. The highest BCUT2D eigenvalue weighted by Gasteiger charge is 2.33. The molecule has 0 aliphatic carbocycles. The molecule has 0 radical (unpaired) electrons. The zero-order chi connectivity index (χ0) is 28.9. The van der Waals surface area contributed by atoms with Gasteiger partial charge in [-0.05, 0) is 75.2 Å². The molecule has 0 fully saturated rings. The van der Waals surface area contributed by atoms with Gasteiger partial charge in [0.15, 0.2) is 0 Å². The average molecular weight is 611 g/mol. The van der Waals surface area contributed by atoms with Gasteiger partial charge in [-0.15, -0.1) is 0 Å². The molecule has 0 saturated heterocycles. The monoisotopic (exact) mass is 609 g/mol. The van der Waals surface area contributed by atoms with Gasteiger partial charge in [0.2, 0.25) is 11.8 Å². The molecule has 3 aromatic carbocycles. The van der Waals surface area contributed by atoms with Crippen LogP contribution in [-0.2, 0) is 26.2 Å². The van der Waals surface area contributed by atoms with Crippen molar-refractivity contribution in [1.82, 2.24) is 10.2 Å². The number of carbonyl (C=O) groups excluding carboxylic acids is 2. The number of hydrogen-bond donors (Lipinski definition) is 1. The minimum absolute atomic E-state index is 0.00684. The zero-order valence-electron chi connectivity index (χ0n) is 22.0. The summed E-state index contributed by atoms with van der Waals surface area (Å²) >= 11 is 18.8. The quantitative estimate of drug-likeness (QED) is 0.301. The van der Waals surface area contributed by atoms with Gasteiger partial charge < -0.3 is 10.2 Å². The highest BCUT2D eigenvalue weighted by Crippen LogP contribution is 2.29. The first-order chi connectivity index (χ1) is 18.3. The van der Waals surface area contributed by atoms with Gasteiger partial charge in [-0.2, -0.15) is 0 Å². The number of nitrogens with one attached hydrogen (secondary N) is 1. The van der Waals surface area contributed by atoms with Crippen molar-refractivity contribution in [3.63, 3.8) is 0 Å². The molecule has 1 atom stereocenters. The molecule has 0 aliphatic rings. The predicted molar refractivity (Wildman–Crippen MR) is 157 cm³/mol. The van der Waals surface area contributed by atoms with E-state index >= 15 is 0 Å². The topological polar surface area (TPSA) is 86.8 Å². The number of rotatable bonds is 10. The van der Waals surface area contributed by atoms with Crippen molar-refractivity contribution >= 4 is 62.3 Å². The second kappa shape index (κ2) is 13.0. The second-order valence-corrected chi connectivity index (χ2v) is 12.5.